The molecule has 0 atom stereocenters. The van der Waals surface area contributed by atoms with E-state index in [1.54, 1.807) is 26.7 Å². The van der Waals surface area contributed by atoms with Gasteiger partial charge in [-0.05, 0) is 6.92 Å². The van der Waals surface area contributed by atoms with E-state index in [1.165, 1.54) is 11.3 Å². The fourth-order valence-corrected chi connectivity index (χ4v) is 3.08. The second-order valence-corrected chi connectivity index (χ2v) is 5.59. The van der Waals surface area contributed by atoms with Crippen LogP contribution in [0, 0.1) is 6.92 Å². The predicted molar refractivity (Wildman–Crippen MR) is 73.8 cm³/mol. The van der Waals surface area contributed by atoms with Gasteiger partial charge >= 0.3 is 0 Å². The van der Waals surface area contributed by atoms with Crippen molar-refractivity contribution in [3.05, 3.63) is 16.9 Å². The van der Waals surface area contributed by atoms with Crippen molar-refractivity contribution in [3.63, 3.8) is 0 Å². The molecule has 3 rings (SSSR count). The molecule has 2 amide bonds. The van der Waals surface area contributed by atoms with Gasteiger partial charge in [-0.1, -0.05) is 11.3 Å². The molecule has 1 aliphatic heterocycles. The van der Waals surface area contributed by atoms with Gasteiger partial charge in [0, 0.05) is 33.1 Å². The maximum atomic E-state index is 12.6. The lowest BCUT2D eigenvalue weighted by Crippen LogP contribution is -2.50. The number of carbonyl (C=O) groups excluding carboxylic acids is 2. The highest BCUT2D eigenvalue weighted by atomic mass is 32.1. The number of aromatic nitrogens is 3. The average molecular weight is 293 g/mol. The summed E-state index contributed by atoms with van der Waals surface area (Å²) in [6.45, 7) is 5.64. The molecule has 0 spiro atoms. The lowest BCUT2D eigenvalue weighted by Gasteiger charge is -2.34. The van der Waals surface area contributed by atoms with Crippen molar-refractivity contribution in [1.82, 2.24) is 24.4 Å². The lowest BCUT2D eigenvalue weighted by atomic mass is 10.2. The minimum atomic E-state index is -0.0656. The monoisotopic (exact) mass is 293 g/mol. The van der Waals surface area contributed by atoms with Crippen LogP contribution in [0.1, 0.15) is 23.1 Å². The Morgan fingerprint density at radius 3 is 2.50 bits per heavy atom. The number of hydrogen-bond acceptors (Lipinski definition) is 5. The quantitative estimate of drug-likeness (QED) is 0.763. The third kappa shape index (κ3) is 2.05. The molecule has 1 aliphatic rings. The summed E-state index contributed by atoms with van der Waals surface area (Å²) in [5.74, 6) is -0.0105. The molecule has 0 aliphatic carbocycles. The molecule has 2 aromatic rings. The molecule has 3 heterocycles. The normalized spacial score (nSPS) is 15.9. The highest BCUT2D eigenvalue weighted by molar-refractivity contribution is 7.14. The third-order valence-electron chi connectivity index (χ3n) is 3.53. The van der Waals surface area contributed by atoms with Gasteiger partial charge in [0.25, 0.3) is 5.91 Å². The summed E-state index contributed by atoms with van der Waals surface area (Å²) >= 11 is 1.41. The minimum absolute atomic E-state index is 0.0551. The van der Waals surface area contributed by atoms with Gasteiger partial charge < -0.3 is 9.80 Å². The van der Waals surface area contributed by atoms with E-state index in [4.69, 9.17) is 0 Å². The van der Waals surface area contributed by atoms with Crippen molar-refractivity contribution in [3.8, 4) is 0 Å². The van der Waals surface area contributed by atoms with Crippen LogP contribution in [0.3, 0.4) is 0 Å². The number of aryl methyl sites for hydroxylation is 1. The lowest BCUT2D eigenvalue weighted by molar-refractivity contribution is -0.130. The Balaban J connectivity index is 1.81. The number of fused-ring (bicyclic) bond motifs is 1. The van der Waals surface area contributed by atoms with E-state index in [-0.39, 0.29) is 11.8 Å². The van der Waals surface area contributed by atoms with Gasteiger partial charge in [-0.25, -0.2) is 4.98 Å². The van der Waals surface area contributed by atoms with Crippen LogP contribution in [0.5, 0.6) is 0 Å². The molecule has 0 radical (unpaired) electrons. The minimum Gasteiger partial charge on any atom is -0.339 e. The molecule has 1 fully saturated rings. The highest BCUT2D eigenvalue weighted by Gasteiger charge is 2.27. The first kappa shape index (κ1) is 13.0. The molecule has 106 valence electrons. The van der Waals surface area contributed by atoms with Gasteiger partial charge in [0.15, 0.2) is 5.69 Å². The maximum absolute atomic E-state index is 12.6. The Labute approximate surface area is 119 Å². The number of piperazine rings is 1. The number of nitrogens with zero attached hydrogens (tertiary/aromatic N) is 5. The van der Waals surface area contributed by atoms with Crippen molar-refractivity contribution in [1.29, 1.82) is 0 Å². The maximum Gasteiger partial charge on any atom is 0.274 e. The summed E-state index contributed by atoms with van der Waals surface area (Å²) in [5.41, 5.74) is 2.90. The van der Waals surface area contributed by atoms with Crippen LogP contribution in [-0.2, 0) is 4.79 Å². The zero-order valence-corrected chi connectivity index (χ0v) is 12.2. The summed E-state index contributed by atoms with van der Waals surface area (Å²) in [4.78, 5) is 32.5. The van der Waals surface area contributed by atoms with Gasteiger partial charge in [0.2, 0.25) is 10.9 Å². The van der Waals surface area contributed by atoms with E-state index in [0.29, 0.717) is 37.6 Å². The summed E-state index contributed by atoms with van der Waals surface area (Å²) < 4.78 is 1.60. The topological polar surface area (TPSA) is 70.8 Å². The van der Waals surface area contributed by atoms with Crippen LogP contribution in [0.25, 0.3) is 4.96 Å². The number of amides is 2. The summed E-state index contributed by atoms with van der Waals surface area (Å²) in [7, 11) is 0. The number of carbonyl (C=O) groups is 2. The Morgan fingerprint density at radius 1 is 1.20 bits per heavy atom. The molecular weight excluding hydrogens is 278 g/mol. The smallest absolute Gasteiger partial charge is 0.274 e. The van der Waals surface area contributed by atoms with Gasteiger partial charge in [-0.2, -0.15) is 9.61 Å². The van der Waals surface area contributed by atoms with Gasteiger partial charge in [0.1, 0.15) is 5.51 Å². The van der Waals surface area contributed by atoms with Crippen molar-refractivity contribution < 1.29 is 9.59 Å². The first-order chi connectivity index (χ1) is 9.58. The van der Waals surface area contributed by atoms with E-state index in [0.717, 1.165) is 4.96 Å². The van der Waals surface area contributed by atoms with Crippen molar-refractivity contribution in [2.75, 3.05) is 26.2 Å². The molecule has 20 heavy (non-hydrogen) atoms. The SMILES string of the molecule is CC(=O)N1CCN(C(=O)c2c(C)nc3scnn23)CC1. The van der Waals surface area contributed by atoms with E-state index in [9.17, 15) is 9.59 Å². The Bertz CT molecular complexity index is 668. The second-order valence-electron chi connectivity index (χ2n) is 4.78. The van der Waals surface area contributed by atoms with Crippen LogP contribution in [0.4, 0.5) is 0 Å². The zero-order chi connectivity index (χ0) is 14.3. The van der Waals surface area contributed by atoms with Crippen molar-refractivity contribution in [2.24, 2.45) is 0 Å². The summed E-state index contributed by atoms with van der Waals surface area (Å²) in [6, 6.07) is 0. The van der Waals surface area contributed by atoms with Gasteiger partial charge in [0.05, 0.1) is 5.69 Å². The summed E-state index contributed by atoms with van der Waals surface area (Å²) in [5, 5.41) is 4.16. The highest BCUT2D eigenvalue weighted by Crippen LogP contribution is 2.17. The molecule has 0 bridgehead atoms. The molecule has 0 unspecified atom stereocenters. The zero-order valence-electron chi connectivity index (χ0n) is 11.4. The second kappa shape index (κ2) is 4.86. The largest absolute Gasteiger partial charge is 0.339 e. The van der Waals surface area contributed by atoms with Crippen LogP contribution < -0.4 is 0 Å². The molecule has 0 aromatic carbocycles. The van der Waals surface area contributed by atoms with Gasteiger partial charge in [-0.15, -0.1) is 0 Å². The van der Waals surface area contributed by atoms with Crippen molar-refractivity contribution in [2.45, 2.75) is 13.8 Å². The molecule has 8 heteroatoms. The van der Waals surface area contributed by atoms with Gasteiger partial charge in [-0.3, -0.25) is 9.59 Å². The van der Waals surface area contributed by atoms with Crippen LogP contribution in [0.2, 0.25) is 0 Å². The Hall–Kier alpha value is -1.96. The molecule has 2 aromatic heterocycles. The van der Waals surface area contributed by atoms with Crippen LogP contribution in [-0.4, -0.2) is 62.4 Å². The number of imidazole rings is 1. The van der Waals surface area contributed by atoms with Crippen LogP contribution >= 0.6 is 11.3 Å². The Kier molecular flexibility index (Phi) is 3.17. The standard InChI is InChI=1S/C12H15N5O2S/c1-8-10(17-12(14-8)20-7-13-17)11(19)16-5-3-15(4-6-16)9(2)18/h7H,3-6H2,1-2H3. The molecule has 0 saturated carbocycles. The molecule has 7 nitrogen and oxygen atoms in total. The summed E-state index contributed by atoms with van der Waals surface area (Å²) in [6.07, 6.45) is 0. The van der Waals surface area contributed by atoms with Crippen LogP contribution in [0.15, 0.2) is 5.51 Å². The third-order valence-corrected chi connectivity index (χ3v) is 4.21. The van der Waals surface area contributed by atoms with E-state index in [2.05, 4.69) is 10.1 Å². The fourth-order valence-electron chi connectivity index (χ4n) is 2.41. The number of hydrogen-bond donors (Lipinski definition) is 0. The van der Waals surface area contributed by atoms with Crippen molar-refractivity contribution >= 4 is 28.1 Å². The predicted octanol–water partition coefficient (Wildman–Crippen LogP) is 0.404. The molecular formula is C12H15N5O2S. The van der Waals surface area contributed by atoms with E-state index in [1.807, 2.05) is 6.92 Å². The average Bonchev–Trinajstić information content (AvgIpc) is 2.98. The first-order valence-electron chi connectivity index (χ1n) is 6.41. The Morgan fingerprint density at radius 2 is 1.85 bits per heavy atom. The molecule has 1 saturated heterocycles. The van der Waals surface area contributed by atoms with E-state index >= 15 is 0 Å². The first-order valence-corrected chi connectivity index (χ1v) is 7.29. The molecule has 0 N–H and O–H groups in total. The fraction of sp³-hybridized carbons (Fsp3) is 0.500. The van der Waals surface area contributed by atoms with E-state index < -0.39 is 0 Å². The number of rotatable bonds is 1.